The average molecular weight is 442 g/mol. The summed E-state index contributed by atoms with van der Waals surface area (Å²) < 4.78 is 1.23. The van der Waals surface area contributed by atoms with Gasteiger partial charge in [-0.15, -0.1) is 10.3 Å². The van der Waals surface area contributed by atoms with Crippen molar-refractivity contribution in [3.63, 3.8) is 0 Å². The van der Waals surface area contributed by atoms with Gasteiger partial charge in [-0.3, -0.25) is 0 Å². The molecule has 0 saturated heterocycles. The average Bonchev–Trinajstić information content (AvgIpc) is 2.74. The third-order valence-corrected chi connectivity index (χ3v) is 5.31. The Kier molecular flexibility index (Phi) is 4.80. The molecule has 25 heavy (non-hydrogen) atoms. The highest BCUT2D eigenvalue weighted by Gasteiger charge is 2.45. The van der Waals surface area contributed by atoms with Crippen molar-refractivity contribution in [2.24, 2.45) is 0 Å². The van der Waals surface area contributed by atoms with E-state index in [0.717, 1.165) is 16.2 Å². The Hall–Kier alpha value is -1.61. The largest absolute Gasteiger partial charge is 0.135 e. The first-order chi connectivity index (χ1) is 11.7. The summed E-state index contributed by atoms with van der Waals surface area (Å²) in [6, 6.07) is 16.7. The van der Waals surface area contributed by atoms with Crippen molar-refractivity contribution in [3.8, 4) is 23.0 Å². The molecule has 1 radical (unpaired) electrons. The Morgan fingerprint density at radius 3 is 1.84 bits per heavy atom. The van der Waals surface area contributed by atoms with E-state index in [2.05, 4.69) is 70.8 Å². The lowest BCUT2D eigenvalue weighted by atomic mass is 9.96. The Morgan fingerprint density at radius 1 is 0.840 bits per heavy atom. The van der Waals surface area contributed by atoms with Crippen LogP contribution in [0, 0.1) is 15.4 Å². The summed E-state index contributed by atoms with van der Waals surface area (Å²) in [5.41, 5.74) is 3.11. The Morgan fingerprint density at radius 2 is 1.36 bits per heavy atom. The van der Waals surface area contributed by atoms with Crippen LogP contribution in [0.2, 0.25) is 0 Å². The van der Waals surface area contributed by atoms with Gasteiger partial charge in [-0.25, -0.2) is 0 Å². The number of nitrogens with zero attached hydrogens (tertiary/aromatic N) is 1. The van der Waals surface area contributed by atoms with Crippen LogP contribution in [-0.2, 0) is 5.21 Å². The summed E-state index contributed by atoms with van der Waals surface area (Å²) >= 11 is 2.31. The summed E-state index contributed by atoms with van der Waals surface area (Å²) in [5.74, 6) is 6.41. The molecule has 3 rings (SSSR count). The molecule has 3 heteroatoms. The molecule has 0 amide bonds. The molecule has 0 bridgehead atoms. The standard InChI is InChI=1S/C22H21INO/c1-21(2)15-19(22(3,4)24(21)25)12-7-16-5-8-17(9-6-16)18-10-13-20(23)14-11-18/h5-6,8-11,13-15H,1-4H3. The van der Waals surface area contributed by atoms with Crippen molar-refractivity contribution in [2.75, 3.05) is 0 Å². The van der Waals surface area contributed by atoms with E-state index in [0.29, 0.717) is 0 Å². The van der Waals surface area contributed by atoms with Gasteiger partial charge in [0.1, 0.15) is 0 Å². The molecule has 0 spiro atoms. The van der Waals surface area contributed by atoms with Crippen LogP contribution in [-0.4, -0.2) is 16.1 Å². The Labute approximate surface area is 163 Å². The number of benzene rings is 2. The van der Waals surface area contributed by atoms with Crippen LogP contribution in [0.15, 0.2) is 60.2 Å². The van der Waals surface area contributed by atoms with Gasteiger partial charge in [-0.05, 0) is 91.8 Å². The van der Waals surface area contributed by atoms with E-state index >= 15 is 0 Å². The van der Waals surface area contributed by atoms with Crippen LogP contribution in [0.4, 0.5) is 0 Å². The van der Waals surface area contributed by atoms with Crippen LogP contribution >= 0.6 is 22.6 Å². The summed E-state index contributed by atoms with van der Waals surface area (Å²) in [6.07, 6.45) is 1.98. The van der Waals surface area contributed by atoms with E-state index in [4.69, 9.17) is 0 Å². The van der Waals surface area contributed by atoms with Crippen molar-refractivity contribution in [1.82, 2.24) is 5.06 Å². The van der Waals surface area contributed by atoms with E-state index in [1.54, 1.807) is 0 Å². The van der Waals surface area contributed by atoms with E-state index < -0.39 is 11.1 Å². The van der Waals surface area contributed by atoms with Gasteiger partial charge < -0.3 is 0 Å². The third-order valence-electron chi connectivity index (χ3n) is 4.59. The number of rotatable bonds is 1. The van der Waals surface area contributed by atoms with Crippen LogP contribution in [0.3, 0.4) is 0 Å². The Bertz CT molecular complexity index is 865. The smallest absolute Gasteiger partial charge is 0.0771 e. The first-order valence-corrected chi connectivity index (χ1v) is 9.37. The molecule has 127 valence electrons. The zero-order valence-corrected chi connectivity index (χ0v) is 17.1. The molecule has 0 N–H and O–H groups in total. The highest BCUT2D eigenvalue weighted by molar-refractivity contribution is 14.1. The fourth-order valence-corrected chi connectivity index (χ4v) is 3.49. The monoisotopic (exact) mass is 442 g/mol. The number of hydrogen-bond donors (Lipinski definition) is 0. The van der Waals surface area contributed by atoms with E-state index in [1.165, 1.54) is 14.7 Å². The maximum Gasteiger partial charge on any atom is 0.0771 e. The van der Waals surface area contributed by atoms with Gasteiger partial charge in [-0.2, -0.15) is 0 Å². The van der Waals surface area contributed by atoms with Gasteiger partial charge in [0.2, 0.25) is 0 Å². The molecule has 1 aliphatic rings. The van der Waals surface area contributed by atoms with Crippen molar-refractivity contribution in [3.05, 3.63) is 69.3 Å². The molecule has 1 aliphatic heterocycles. The maximum absolute atomic E-state index is 12.4. The minimum Gasteiger partial charge on any atom is -0.135 e. The van der Waals surface area contributed by atoms with Gasteiger partial charge in [0.05, 0.1) is 11.1 Å². The van der Waals surface area contributed by atoms with Crippen LogP contribution in [0.25, 0.3) is 11.1 Å². The molecular weight excluding hydrogens is 421 g/mol. The lowest BCUT2D eigenvalue weighted by Gasteiger charge is -2.32. The second-order valence-electron chi connectivity index (χ2n) is 7.40. The second kappa shape index (κ2) is 6.60. The fourth-order valence-electron chi connectivity index (χ4n) is 3.14. The fraction of sp³-hybridized carbons (Fsp3) is 0.273. The number of halogens is 1. The SMILES string of the molecule is CC1(C)C=C(C#Cc2ccc(-c3ccc(I)cc3)cc2)C(C)(C)N1[O]. The molecule has 0 fully saturated rings. The Balaban J connectivity index is 1.84. The second-order valence-corrected chi connectivity index (χ2v) is 8.64. The normalized spacial score (nSPS) is 18.4. The van der Waals surface area contributed by atoms with Crippen molar-refractivity contribution < 1.29 is 5.21 Å². The quantitative estimate of drug-likeness (QED) is 0.425. The maximum atomic E-state index is 12.4. The first-order valence-electron chi connectivity index (χ1n) is 8.29. The lowest BCUT2D eigenvalue weighted by Crippen LogP contribution is -2.46. The lowest BCUT2D eigenvalue weighted by molar-refractivity contribution is -0.237. The topological polar surface area (TPSA) is 23.1 Å². The minimum absolute atomic E-state index is 0.512. The zero-order chi connectivity index (χ0) is 18.2. The van der Waals surface area contributed by atoms with Gasteiger partial charge >= 0.3 is 0 Å². The van der Waals surface area contributed by atoms with Gasteiger partial charge in [0.25, 0.3) is 0 Å². The molecule has 0 aromatic heterocycles. The molecule has 1 heterocycles. The summed E-state index contributed by atoms with van der Waals surface area (Å²) in [4.78, 5) is 0. The van der Waals surface area contributed by atoms with E-state index in [1.807, 2.05) is 45.9 Å². The predicted octanol–water partition coefficient (Wildman–Crippen LogP) is 5.45. The van der Waals surface area contributed by atoms with Crippen LogP contribution in [0.5, 0.6) is 0 Å². The van der Waals surface area contributed by atoms with Gasteiger partial charge in [0.15, 0.2) is 0 Å². The molecule has 2 aromatic rings. The summed E-state index contributed by atoms with van der Waals surface area (Å²) in [5, 5.41) is 13.5. The minimum atomic E-state index is -0.586. The molecule has 0 aliphatic carbocycles. The van der Waals surface area contributed by atoms with Crippen molar-refractivity contribution in [1.29, 1.82) is 0 Å². The summed E-state index contributed by atoms with van der Waals surface area (Å²) in [6.45, 7) is 7.70. The molecule has 2 aromatic carbocycles. The predicted molar refractivity (Wildman–Crippen MR) is 110 cm³/mol. The molecule has 0 saturated carbocycles. The number of hydroxylamine groups is 2. The highest BCUT2D eigenvalue weighted by Crippen LogP contribution is 2.38. The van der Waals surface area contributed by atoms with Crippen LogP contribution < -0.4 is 0 Å². The van der Waals surface area contributed by atoms with Crippen LogP contribution in [0.1, 0.15) is 33.3 Å². The number of hydrogen-bond acceptors (Lipinski definition) is 1. The first kappa shape index (κ1) is 18.2. The van der Waals surface area contributed by atoms with Crippen molar-refractivity contribution >= 4 is 22.6 Å². The van der Waals surface area contributed by atoms with E-state index in [9.17, 15) is 5.21 Å². The zero-order valence-electron chi connectivity index (χ0n) is 14.9. The molecule has 2 nitrogen and oxygen atoms in total. The molecular formula is C22H21INO. The van der Waals surface area contributed by atoms with Crippen molar-refractivity contribution in [2.45, 2.75) is 38.8 Å². The molecule has 0 unspecified atom stereocenters. The van der Waals surface area contributed by atoms with E-state index in [-0.39, 0.29) is 0 Å². The highest BCUT2D eigenvalue weighted by atomic mass is 127. The summed E-state index contributed by atoms with van der Waals surface area (Å²) in [7, 11) is 0. The van der Waals surface area contributed by atoms with Gasteiger partial charge in [-0.1, -0.05) is 36.1 Å². The third kappa shape index (κ3) is 3.67. The molecule has 0 atom stereocenters. The van der Waals surface area contributed by atoms with Gasteiger partial charge in [0, 0.05) is 14.7 Å².